The molecular weight excluding hydrogens is 225 g/mol. The molecule has 0 amide bonds. The molecule has 0 radical (unpaired) electrons. The summed E-state index contributed by atoms with van der Waals surface area (Å²) in [5.41, 5.74) is 0.283. The maximum atomic E-state index is 11.9. The number of benzene rings is 1. The standard InChI is InChI=1S/C10H9F3O3/c1-6(16-10(11,12)13)7-2-4-8(5-3-7)9(14)15/h2-6H,1H3,(H,14,15). The molecule has 0 saturated heterocycles. The Bertz CT molecular complexity index is 370. The summed E-state index contributed by atoms with van der Waals surface area (Å²) in [5, 5.41) is 8.59. The van der Waals surface area contributed by atoms with E-state index in [-0.39, 0.29) is 11.1 Å². The highest BCUT2D eigenvalue weighted by molar-refractivity contribution is 5.87. The van der Waals surface area contributed by atoms with E-state index in [0.717, 1.165) is 0 Å². The van der Waals surface area contributed by atoms with Crippen molar-refractivity contribution in [2.24, 2.45) is 0 Å². The second-order valence-electron chi connectivity index (χ2n) is 3.13. The third-order valence-electron chi connectivity index (χ3n) is 1.94. The Morgan fingerprint density at radius 1 is 1.31 bits per heavy atom. The molecule has 0 spiro atoms. The minimum atomic E-state index is -4.70. The minimum Gasteiger partial charge on any atom is -0.478 e. The molecule has 1 aromatic rings. The van der Waals surface area contributed by atoms with Gasteiger partial charge in [0, 0.05) is 0 Å². The first-order valence-electron chi connectivity index (χ1n) is 4.37. The molecule has 0 saturated carbocycles. The molecule has 0 aliphatic carbocycles. The molecule has 0 aliphatic heterocycles. The van der Waals surface area contributed by atoms with Crippen molar-refractivity contribution in [3.8, 4) is 0 Å². The summed E-state index contributed by atoms with van der Waals surface area (Å²) in [4.78, 5) is 10.5. The van der Waals surface area contributed by atoms with Crippen molar-refractivity contribution in [3.05, 3.63) is 35.4 Å². The normalized spacial score (nSPS) is 13.5. The first-order chi connectivity index (χ1) is 7.29. The first-order valence-corrected chi connectivity index (χ1v) is 4.37. The van der Waals surface area contributed by atoms with Crippen LogP contribution in [0.1, 0.15) is 28.9 Å². The fourth-order valence-corrected chi connectivity index (χ4v) is 1.17. The van der Waals surface area contributed by atoms with Gasteiger partial charge in [-0.15, -0.1) is 13.2 Å². The van der Waals surface area contributed by atoms with Gasteiger partial charge in [0.05, 0.1) is 11.7 Å². The van der Waals surface area contributed by atoms with Crippen LogP contribution in [0.3, 0.4) is 0 Å². The van der Waals surface area contributed by atoms with Gasteiger partial charge in [-0.2, -0.15) is 0 Å². The third-order valence-corrected chi connectivity index (χ3v) is 1.94. The monoisotopic (exact) mass is 234 g/mol. The van der Waals surface area contributed by atoms with Crippen molar-refractivity contribution in [1.29, 1.82) is 0 Å². The van der Waals surface area contributed by atoms with Crippen LogP contribution in [0.15, 0.2) is 24.3 Å². The van der Waals surface area contributed by atoms with Crippen molar-refractivity contribution in [3.63, 3.8) is 0 Å². The quantitative estimate of drug-likeness (QED) is 0.874. The molecule has 1 N–H and O–H groups in total. The van der Waals surface area contributed by atoms with Crippen LogP contribution in [0.25, 0.3) is 0 Å². The predicted octanol–water partition coefficient (Wildman–Crippen LogP) is 2.98. The lowest BCUT2D eigenvalue weighted by atomic mass is 10.1. The topological polar surface area (TPSA) is 46.5 Å². The van der Waals surface area contributed by atoms with Crippen molar-refractivity contribution < 1.29 is 27.8 Å². The van der Waals surface area contributed by atoms with Gasteiger partial charge in [-0.3, -0.25) is 4.74 Å². The number of carboxylic acids is 1. The Balaban J connectivity index is 2.78. The molecule has 0 aromatic heterocycles. The lowest BCUT2D eigenvalue weighted by molar-refractivity contribution is -0.342. The summed E-state index contributed by atoms with van der Waals surface area (Å²) in [6.07, 6.45) is -5.87. The summed E-state index contributed by atoms with van der Waals surface area (Å²) < 4.78 is 39.4. The second-order valence-corrected chi connectivity index (χ2v) is 3.13. The predicted molar refractivity (Wildman–Crippen MR) is 49.0 cm³/mol. The van der Waals surface area contributed by atoms with E-state index in [1.165, 1.54) is 31.2 Å². The van der Waals surface area contributed by atoms with Gasteiger partial charge in [0.1, 0.15) is 0 Å². The van der Waals surface area contributed by atoms with E-state index in [0.29, 0.717) is 0 Å². The van der Waals surface area contributed by atoms with Gasteiger partial charge in [-0.1, -0.05) is 12.1 Å². The molecule has 1 rings (SSSR count). The van der Waals surface area contributed by atoms with Crippen LogP contribution < -0.4 is 0 Å². The minimum absolute atomic E-state index is 0.0166. The molecule has 0 fully saturated rings. The van der Waals surface area contributed by atoms with Crippen LogP contribution in [-0.2, 0) is 4.74 Å². The van der Waals surface area contributed by atoms with Crippen molar-refractivity contribution in [2.45, 2.75) is 19.4 Å². The highest BCUT2D eigenvalue weighted by Gasteiger charge is 2.32. The van der Waals surface area contributed by atoms with Crippen LogP contribution in [0.2, 0.25) is 0 Å². The number of hydrogen-bond donors (Lipinski definition) is 1. The van der Waals surface area contributed by atoms with E-state index in [9.17, 15) is 18.0 Å². The van der Waals surface area contributed by atoms with Crippen LogP contribution in [0.4, 0.5) is 13.2 Å². The first kappa shape index (κ1) is 12.5. The van der Waals surface area contributed by atoms with Gasteiger partial charge >= 0.3 is 12.3 Å². The van der Waals surface area contributed by atoms with Gasteiger partial charge in [0.15, 0.2) is 0 Å². The number of carboxylic acid groups (broad SMARTS) is 1. The molecule has 16 heavy (non-hydrogen) atoms. The second kappa shape index (κ2) is 4.52. The Morgan fingerprint density at radius 2 is 1.81 bits per heavy atom. The third kappa shape index (κ3) is 3.54. The molecule has 6 heteroatoms. The molecule has 1 atom stereocenters. The van der Waals surface area contributed by atoms with Gasteiger partial charge in [-0.25, -0.2) is 4.79 Å². The van der Waals surface area contributed by atoms with E-state index in [4.69, 9.17) is 5.11 Å². The number of rotatable bonds is 3. The van der Waals surface area contributed by atoms with Crippen molar-refractivity contribution in [1.82, 2.24) is 0 Å². The van der Waals surface area contributed by atoms with Gasteiger partial charge in [0.25, 0.3) is 0 Å². The van der Waals surface area contributed by atoms with E-state index in [1.807, 2.05) is 0 Å². The Morgan fingerprint density at radius 3 is 2.19 bits per heavy atom. The van der Waals surface area contributed by atoms with E-state index >= 15 is 0 Å². The molecule has 0 aliphatic rings. The van der Waals surface area contributed by atoms with Crippen LogP contribution >= 0.6 is 0 Å². The fraction of sp³-hybridized carbons (Fsp3) is 0.300. The van der Waals surface area contributed by atoms with Crippen molar-refractivity contribution >= 4 is 5.97 Å². The summed E-state index contributed by atoms with van der Waals surface area (Å²) in [6, 6.07) is 5.04. The zero-order valence-electron chi connectivity index (χ0n) is 8.28. The van der Waals surface area contributed by atoms with Gasteiger partial charge in [0.2, 0.25) is 0 Å². The van der Waals surface area contributed by atoms with E-state index in [1.54, 1.807) is 0 Å². The number of halogens is 3. The highest BCUT2D eigenvalue weighted by Crippen LogP contribution is 2.27. The smallest absolute Gasteiger partial charge is 0.478 e. The maximum absolute atomic E-state index is 11.9. The maximum Gasteiger partial charge on any atom is 0.523 e. The number of hydrogen-bond acceptors (Lipinski definition) is 2. The number of aromatic carboxylic acids is 1. The zero-order chi connectivity index (χ0) is 12.3. The van der Waals surface area contributed by atoms with Crippen LogP contribution in [0.5, 0.6) is 0 Å². The number of alkyl halides is 3. The van der Waals surface area contributed by atoms with Crippen LogP contribution in [0, 0.1) is 0 Å². The molecule has 88 valence electrons. The fourth-order valence-electron chi connectivity index (χ4n) is 1.17. The summed E-state index contributed by atoms with van der Waals surface area (Å²) in [7, 11) is 0. The summed E-state index contributed by atoms with van der Waals surface area (Å²) in [6.45, 7) is 1.24. The van der Waals surface area contributed by atoms with E-state index in [2.05, 4.69) is 4.74 Å². The average Bonchev–Trinajstić information content (AvgIpc) is 2.15. The Hall–Kier alpha value is -1.56. The lowest BCUT2D eigenvalue weighted by Crippen LogP contribution is -2.16. The van der Waals surface area contributed by atoms with Gasteiger partial charge < -0.3 is 5.11 Å². The summed E-state index contributed by atoms with van der Waals surface area (Å²) >= 11 is 0. The Labute approximate surface area is 89.5 Å². The highest BCUT2D eigenvalue weighted by atomic mass is 19.4. The molecular formula is C10H9F3O3. The Kier molecular flexibility index (Phi) is 3.54. The van der Waals surface area contributed by atoms with Crippen molar-refractivity contribution in [2.75, 3.05) is 0 Å². The number of ether oxygens (including phenoxy) is 1. The van der Waals surface area contributed by atoms with E-state index < -0.39 is 18.4 Å². The molecule has 0 heterocycles. The summed E-state index contributed by atoms with van der Waals surface area (Å²) in [5.74, 6) is -1.13. The number of carbonyl (C=O) groups is 1. The molecule has 1 unspecified atom stereocenters. The van der Waals surface area contributed by atoms with Crippen LogP contribution in [-0.4, -0.2) is 17.4 Å². The zero-order valence-corrected chi connectivity index (χ0v) is 8.28. The lowest BCUT2D eigenvalue weighted by Gasteiger charge is -2.15. The molecule has 0 bridgehead atoms. The van der Waals surface area contributed by atoms with Gasteiger partial charge in [-0.05, 0) is 24.6 Å². The average molecular weight is 234 g/mol. The molecule has 1 aromatic carbocycles. The largest absolute Gasteiger partial charge is 0.523 e. The molecule has 3 nitrogen and oxygen atoms in total. The SMILES string of the molecule is CC(OC(F)(F)F)c1ccc(C(=O)O)cc1.